The molecule has 3 heterocycles. The molecule has 2 aromatic rings. The van der Waals surface area contributed by atoms with Crippen LogP contribution in [0, 0.1) is 23.2 Å². The van der Waals surface area contributed by atoms with Crippen LogP contribution in [-0.2, 0) is 10.4 Å². The Hall–Kier alpha value is -2.75. The number of rotatable bonds is 4. The second-order valence-electron chi connectivity index (χ2n) is 10.6. The molecule has 0 bridgehead atoms. The topological polar surface area (TPSA) is 69.6 Å². The molecule has 6 heteroatoms. The number of hydrogen-bond acceptors (Lipinski definition) is 5. The van der Waals surface area contributed by atoms with E-state index in [4.69, 9.17) is 0 Å². The molecule has 2 fully saturated rings. The predicted octanol–water partition coefficient (Wildman–Crippen LogP) is 3.40. The van der Waals surface area contributed by atoms with Crippen LogP contribution in [0.25, 0.3) is 0 Å². The lowest BCUT2D eigenvalue weighted by atomic mass is 9.62. The SMILES string of the molecule is CC(=O)N1CCC(C#Cc2cc(C(O)(c3ccc(C(C)C)cc3)C3(C)CN(C)C3)cnn2)CC1. The zero-order valence-electron chi connectivity index (χ0n) is 21.0. The van der Waals surface area contributed by atoms with Crippen LogP contribution in [0.2, 0.25) is 0 Å². The first-order valence-corrected chi connectivity index (χ1v) is 12.2. The highest BCUT2D eigenvalue weighted by molar-refractivity contribution is 5.73. The zero-order chi connectivity index (χ0) is 24.5. The molecule has 1 aromatic carbocycles. The van der Waals surface area contributed by atoms with Gasteiger partial charge < -0.3 is 14.9 Å². The zero-order valence-corrected chi connectivity index (χ0v) is 21.0. The summed E-state index contributed by atoms with van der Waals surface area (Å²) in [6.45, 7) is 11.2. The van der Waals surface area contributed by atoms with Gasteiger partial charge in [0.1, 0.15) is 11.3 Å². The average molecular weight is 461 g/mol. The molecule has 1 amide bonds. The maximum absolute atomic E-state index is 12.3. The summed E-state index contributed by atoms with van der Waals surface area (Å²) in [5, 5.41) is 20.8. The highest BCUT2D eigenvalue weighted by Crippen LogP contribution is 2.50. The van der Waals surface area contributed by atoms with Crippen molar-refractivity contribution in [3.63, 3.8) is 0 Å². The van der Waals surface area contributed by atoms with Gasteiger partial charge in [0, 0.05) is 50.0 Å². The van der Waals surface area contributed by atoms with E-state index in [2.05, 4.69) is 66.9 Å². The normalized spacial score (nSPS) is 20.3. The molecule has 2 aliphatic heterocycles. The molecule has 0 spiro atoms. The molecular formula is C28H36N4O2. The highest BCUT2D eigenvalue weighted by atomic mass is 16.3. The van der Waals surface area contributed by atoms with Gasteiger partial charge in [-0.05, 0) is 48.9 Å². The standard InChI is InChI=1S/C28H36N4O2/c1-20(2)23-7-9-24(10-8-23)28(34,27(4)18-31(5)19-27)25-16-26(30-29-17-25)11-6-22-12-14-32(15-13-22)21(3)33/h7-10,16-17,20,22,34H,12-15,18-19H2,1-5H3. The fraction of sp³-hybridized carbons (Fsp3) is 0.536. The van der Waals surface area contributed by atoms with Gasteiger partial charge in [-0.25, -0.2) is 0 Å². The Labute approximate surface area is 203 Å². The Kier molecular flexibility index (Phi) is 6.80. The largest absolute Gasteiger partial charge is 0.380 e. The molecule has 1 N–H and O–H groups in total. The number of aliphatic hydroxyl groups is 1. The monoisotopic (exact) mass is 460 g/mol. The Morgan fingerprint density at radius 2 is 1.82 bits per heavy atom. The summed E-state index contributed by atoms with van der Waals surface area (Å²) < 4.78 is 0. The molecule has 2 saturated heterocycles. The number of benzene rings is 1. The minimum absolute atomic E-state index is 0.126. The van der Waals surface area contributed by atoms with E-state index in [1.807, 2.05) is 23.1 Å². The second kappa shape index (κ2) is 9.48. The quantitative estimate of drug-likeness (QED) is 0.709. The van der Waals surface area contributed by atoms with Gasteiger partial charge in [-0.15, -0.1) is 5.10 Å². The van der Waals surface area contributed by atoms with Crippen molar-refractivity contribution in [1.29, 1.82) is 0 Å². The third kappa shape index (κ3) is 4.60. The third-order valence-corrected chi connectivity index (χ3v) is 7.52. The van der Waals surface area contributed by atoms with Gasteiger partial charge in [0.05, 0.1) is 6.20 Å². The van der Waals surface area contributed by atoms with Crippen LogP contribution in [-0.4, -0.2) is 64.2 Å². The summed E-state index contributed by atoms with van der Waals surface area (Å²) in [4.78, 5) is 15.7. The first-order chi connectivity index (χ1) is 16.1. The van der Waals surface area contributed by atoms with Gasteiger partial charge in [-0.1, -0.05) is 51.0 Å². The number of carbonyl (C=O) groups excluding carboxylic acids is 1. The van der Waals surface area contributed by atoms with E-state index in [0.29, 0.717) is 11.6 Å². The highest BCUT2D eigenvalue weighted by Gasteiger charge is 2.55. The molecule has 6 nitrogen and oxygen atoms in total. The van der Waals surface area contributed by atoms with E-state index >= 15 is 0 Å². The molecule has 1 unspecified atom stereocenters. The molecular weight excluding hydrogens is 424 g/mol. The number of hydrogen-bond donors (Lipinski definition) is 1. The van der Waals surface area contributed by atoms with Crippen molar-refractivity contribution < 1.29 is 9.90 Å². The summed E-state index contributed by atoms with van der Waals surface area (Å²) >= 11 is 0. The summed E-state index contributed by atoms with van der Waals surface area (Å²) in [5.74, 6) is 7.32. The van der Waals surface area contributed by atoms with E-state index < -0.39 is 5.60 Å². The van der Waals surface area contributed by atoms with E-state index in [1.165, 1.54) is 5.56 Å². The summed E-state index contributed by atoms with van der Waals surface area (Å²) in [6.07, 6.45) is 3.42. The molecule has 2 aliphatic rings. The summed E-state index contributed by atoms with van der Waals surface area (Å²) in [7, 11) is 2.07. The maximum Gasteiger partial charge on any atom is 0.219 e. The first-order valence-electron chi connectivity index (χ1n) is 12.2. The molecule has 0 aliphatic carbocycles. The predicted molar refractivity (Wildman–Crippen MR) is 133 cm³/mol. The number of amides is 1. The van der Waals surface area contributed by atoms with Crippen LogP contribution in [0.4, 0.5) is 0 Å². The van der Waals surface area contributed by atoms with Crippen LogP contribution in [0.5, 0.6) is 0 Å². The molecule has 34 heavy (non-hydrogen) atoms. The maximum atomic E-state index is 12.3. The Morgan fingerprint density at radius 1 is 1.18 bits per heavy atom. The van der Waals surface area contributed by atoms with Gasteiger partial charge in [-0.3, -0.25) is 4.79 Å². The minimum atomic E-state index is -1.20. The van der Waals surface area contributed by atoms with Gasteiger partial charge in [0.15, 0.2) is 0 Å². The summed E-state index contributed by atoms with van der Waals surface area (Å²) in [6, 6.07) is 10.2. The van der Waals surface area contributed by atoms with E-state index in [-0.39, 0.29) is 17.2 Å². The van der Waals surface area contributed by atoms with Crippen LogP contribution in [0.15, 0.2) is 36.5 Å². The second-order valence-corrected chi connectivity index (χ2v) is 10.6. The van der Waals surface area contributed by atoms with Crippen LogP contribution in [0.1, 0.15) is 68.8 Å². The van der Waals surface area contributed by atoms with Gasteiger partial charge in [0.2, 0.25) is 5.91 Å². The lowest BCUT2D eigenvalue weighted by Gasteiger charge is -2.55. The molecule has 180 valence electrons. The number of piperidine rings is 1. The number of aromatic nitrogens is 2. The van der Waals surface area contributed by atoms with E-state index in [9.17, 15) is 9.90 Å². The van der Waals surface area contributed by atoms with Gasteiger partial charge in [-0.2, -0.15) is 5.10 Å². The van der Waals surface area contributed by atoms with E-state index in [0.717, 1.165) is 50.1 Å². The Morgan fingerprint density at radius 3 is 2.38 bits per heavy atom. The molecule has 4 rings (SSSR count). The summed E-state index contributed by atoms with van der Waals surface area (Å²) in [5.41, 5.74) is 1.86. The Bertz CT molecular complexity index is 1090. The molecule has 1 atom stereocenters. The van der Waals surface area contributed by atoms with Crippen molar-refractivity contribution in [1.82, 2.24) is 20.0 Å². The van der Waals surface area contributed by atoms with Crippen molar-refractivity contribution in [2.45, 2.75) is 52.1 Å². The molecule has 0 radical (unpaired) electrons. The average Bonchev–Trinajstić information content (AvgIpc) is 2.81. The smallest absolute Gasteiger partial charge is 0.219 e. The third-order valence-electron chi connectivity index (χ3n) is 7.52. The van der Waals surface area contributed by atoms with Crippen LogP contribution < -0.4 is 0 Å². The number of carbonyl (C=O) groups is 1. The lowest BCUT2D eigenvalue weighted by molar-refractivity contribution is -0.129. The number of likely N-dealkylation sites (tertiary alicyclic amines) is 2. The van der Waals surface area contributed by atoms with Crippen molar-refractivity contribution in [2.75, 3.05) is 33.2 Å². The van der Waals surface area contributed by atoms with Crippen molar-refractivity contribution in [3.8, 4) is 11.8 Å². The van der Waals surface area contributed by atoms with Crippen molar-refractivity contribution >= 4 is 5.91 Å². The van der Waals surface area contributed by atoms with Crippen LogP contribution in [0.3, 0.4) is 0 Å². The van der Waals surface area contributed by atoms with Gasteiger partial charge in [0.25, 0.3) is 0 Å². The van der Waals surface area contributed by atoms with Crippen molar-refractivity contribution in [2.24, 2.45) is 11.3 Å². The van der Waals surface area contributed by atoms with Gasteiger partial charge >= 0.3 is 0 Å². The van der Waals surface area contributed by atoms with Crippen molar-refractivity contribution in [3.05, 3.63) is 58.9 Å². The molecule has 0 saturated carbocycles. The Balaban J connectivity index is 1.64. The van der Waals surface area contributed by atoms with E-state index in [1.54, 1.807) is 13.1 Å². The number of nitrogens with zero attached hydrogens (tertiary/aromatic N) is 4. The first kappa shape index (κ1) is 24.4. The fourth-order valence-corrected chi connectivity index (χ4v) is 5.49. The fourth-order valence-electron chi connectivity index (χ4n) is 5.49. The minimum Gasteiger partial charge on any atom is -0.380 e. The lowest BCUT2D eigenvalue weighted by Crippen LogP contribution is -2.63. The van der Waals surface area contributed by atoms with Crippen LogP contribution >= 0.6 is 0 Å². The molecule has 1 aromatic heterocycles.